The van der Waals surface area contributed by atoms with Crippen LogP contribution in [0.5, 0.6) is 17.2 Å². The minimum Gasteiger partial charge on any atom is -0.493 e. The van der Waals surface area contributed by atoms with Gasteiger partial charge in [0, 0.05) is 0 Å². The van der Waals surface area contributed by atoms with Crippen LogP contribution in [0, 0.1) is 0 Å². The topological polar surface area (TPSA) is 78.1 Å². The first-order valence-electron chi connectivity index (χ1n) is 8.03. The Balaban J connectivity index is 2.10. The van der Waals surface area contributed by atoms with Crippen molar-refractivity contribution < 1.29 is 27.4 Å². The van der Waals surface area contributed by atoms with Gasteiger partial charge in [0.1, 0.15) is 0 Å². The summed E-state index contributed by atoms with van der Waals surface area (Å²) in [6.45, 7) is 2.53. The van der Waals surface area contributed by atoms with Crippen molar-refractivity contribution in [1.29, 1.82) is 0 Å². The molecular weight excluding hydrogens is 363 g/mol. The number of methoxy groups -OCH3 is 1. The monoisotopic (exact) mass is 383 g/mol. The van der Waals surface area contributed by atoms with Gasteiger partial charge in [0.25, 0.3) is 0 Å². The highest BCUT2D eigenvalue weighted by atomic mass is 19.4. The number of guanidine groups is 1. The smallest absolute Gasteiger partial charge is 0.493 e. The van der Waals surface area contributed by atoms with Crippen LogP contribution < -0.4 is 25.3 Å². The number of para-hydroxylation sites is 2. The molecule has 0 bridgehead atoms. The second kappa shape index (κ2) is 9.02. The maximum absolute atomic E-state index is 12.5. The molecule has 9 heteroatoms. The van der Waals surface area contributed by atoms with E-state index in [1.54, 1.807) is 24.3 Å². The van der Waals surface area contributed by atoms with Crippen LogP contribution in [0.15, 0.2) is 47.5 Å². The number of benzene rings is 2. The fraction of sp³-hybridized carbons (Fsp3) is 0.278. The van der Waals surface area contributed by atoms with Gasteiger partial charge in [-0.1, -0.05) is 18.2 Å². The molecule has 6 nitrogen and oxygen atoms in total. The predicted octanol–water partition coefficient (Wildman–Crippen LogP) is 3.92. The van der Waals surface area contributed by atoms with E-state index in [-0.39, 0.29) is 18.2 Å². The third-order valence-corrected chi connectivity index (χ3v) is 3.34. The number of halogens is 3. The van der Waals surface area contributed by atoms with E-state index in [2.05, 4.69) is 15.0 Å². The molecule has 2 aromatic carbocycles. The lowest BCUT2D eigenvalue weighted by Crippen LogP contribution is -2.24. The summed E-state index contributed by atoms with van der Waals surface area (Å²) >= 11 is 0. The molecule has 0 aliphatic heterocycles. The zero-order valence-electron chi connectivity index (χ0n) is 14.8. The Morgan fingerprint density at radius 1 is 1.11 bits per heavy atom. The molecule has 0 radical (unpaired) electrons. The lowest BCUT2D eigenvalue weighted by Gasteiger charge is -2.14. The van der Waals surface area contributed by atoms with Crippen LogP contribution in [-0.2, 0) is 6.54 Å². The van der Waals surface area contributed by atoms with Crippen LogP contribution in [0.1, 0.15) is 12.5 Å². The first kappa shape index (κ1) is 20.2. The van der Waals surface area contributed by atoms with Crippen molar-refractivity contribution >= 4 is 11.6 Å². The summed E-state index contributed by atoms with van der Waals surface area (Å²) in [6, 6.07) is 10.9. The number of hydrogen-bond acceptors (Lipinski definition) is 4. The van der Waals surface area contributed by atoms with Crippen molar-refractivity contribution in [1.82, 2.24) is 0 Å². The summed E-state index contributed by atoms with van der Waals surface area (Å²) in [5, 5.41) is 2.61. The lowest BCUT2D eigenvalue weighted by atomic mass is 10.2. The number of nitrogens with one attached hydrogen (secondary N) is 1. The van der Waals surface area contributed by atoms with Crippen molar-refractivity contribution in [2.75, 3.05) is 19.0 Å². The Hall–Kier alpha value is -3.10. The summed E-state index contributed by atoms with van der Waals surface area (Å²) < 4.78 is 52.0. The van der Waals surface area contributed by atoms with Gasteiger partial charge in [-0.15, -0.1) is 13.2 Å². The van der Waals surface area contributed by atoms with Gasteiger partial charge < -0.3 is 25.3 Å². The molecular formula is C18H20F3N3O3. The van der Waals surface area contributed by atoms with Crippen LogP contribution in [0.3, 0.4) is 0 Å². The molecule has 146 valence electrons. The summed E-state index contributed by atoms with van der Waals surface area (Å²) in [6.07, 6.45) is -4.80. The summed E-state index contributed by atoms with van der Waals surface area (Å²) in [4.78, 5) is 4.13. The van der Waals surface area contributed by atoms with E-state index in [0.717, 1.165) is 5.56 Å². The normalized spacial score (nSPS) is 11.8. The Kier molecular flexibility index (Phi) is 6.75. The predicted molar refractivity (Wildman–Crippen MR) is 96.2 cm³/mol. The molecule has 2 aromatic rings. The Morgan fingerprint density at radius 3 is 2.52 bits per heavy atom. The molecule has 0 amide bonds. The average Bonchev–Trinajstić information content (AvgIpc) is 2.61. The van der Waals surface area contributed by atoms with E-state index in [1.807, 2.05) is 6.92 Å². The standard InChI is InChI=1S/C18H20F3N3O3/c1-3-26-16-10-12(8-9-15(16)25-2)11-23-17(22)24-13-6-4-5-7-14(13)27-18(19,20)21/h4-10H,3,11H2,1-2H3,(H3,22,23,24). The number of nitrogens with zero attached hydrogens (tertiary/aromatic N) is 1. The maximum atomic E-state index is 12.5. The molecule has 3 N–H and O–H groups in total. The van der Waals surface area contributed by atoms with E-state index < -0.39 is 12.1 Å². The number of rotatable bonds is 7. The SMILES string of the molecule is CCOc1cc(CN=C(N)Nc2ccccc2OC(F)(F)F)ccc1OC. The van der Waals surface area contributed by atoms with E-state index in [4.69, 9.17) is 15.2 Å². The zero-order chi connectivity index (χ0) is 19.9. The second-order valence-electron chi connectivity index (χ2n) is 5.29. The number of nitrogens with two attached hydrogens (primary N) is 1. The van der Waals surface area contributed by atoms with Crippen molar-refractivity contribution in [3.8, 4) is 17.2 Å². The van der Waals surface area contributed by atoms with Gasteiger partial charge in [0.2, 0.25) is 0 Å². The van der Waals surface area contributed by atoms with Crippen molar-refractivity contribution in [2.45, 2.75) is 19.8 Å². The maximum Gasteiger partial charge on any atom is 0.573 e. The van der Waals surface area contributed by atoms with Gasteiger partial charge in [-0.05, 0) is 36.8 Å². The number of anilines is 1. The minimum absolute atomic E-state index is 0.0537. The molecule has 0 saturated carbocycles. The lowest BCUT2D eigenvalue weighted by molar-refractivity contribution is -0.274. The van der Waals surface area contributed by atoms with Crippen LogP contribution in [0.25, 0.3) is 0 Å². The fourth-order valence-corrected chi connectivity index (χ4v) is 2.23. The molecule has 0 fully saturated rings. The molecule has 0 saturated heterocycles. The number of hydrogen-bond donors (Lipinski definition) is 2. The molecule has 0 atom stereocenters. The van der Waals surface area contributed by atoms with Crippen LogP contribution in [0.4, 0.5) is 18.9 Å². The van der Waals surface area contributed by atoms with E-state index in [1.165, 1.54) is 25.3 Å². The van der Waals surface area contributed by atoms with Crippen LogP contribution in [-0.4, -0.2) is 26.0 Å². The summed E-state index contributed by atoms with van der Waals surface area (Å²) in [5.41, 5.74) is 6.64. The number of aliphatic imine (C=N–C) groups is 1. The second-order valence-corrected chi connectivity index (χ2v) is 5.29. The third kappa shape index (κ3) is 6.28. The van der Waals surface area contributed by atoms with Crippen LogP contribution >= 0.6 is 0 Å². The van der Waals surface area contributed by atoms with E-state index in [0.29, 0.717) is 18.1 Å². The quantitative estimate of drug-likeness (QED) is 0.560. The van der Waals surface area contributed by atoms with Gasteiger partial charge in [-0.2, -0.15) is 0 Å². The first-order valence-corrected chi connectivity index (χ1v) is 8.03. The minimum atomic E-state index is -4.80. The Bertz CT molecular complexity index is 795. The molecule has 0 aliphatic rings. The van der Waals surface area contributed by atoms with Crippen molar-refractivity contribution in [3.63, 3.8) is 0 Å². The first-order chi connectivity index (χ1) is 12.8. The zero-order valence-corrected chi connectivity index (χ0v) is 14.8. The van der Waals surface area contributed by atoms with Gasteiger partial charge in [0.15, 0.2) is 23.2 Å². The molecule has 0 unspecified atom stereocenters. The molecule has 0 aliphatic carbocycles. The van der Waals surface area contributed by atoms with Gasteiger partial charge in [0.05, 0.1) is 25.9 Å². The van der Waals surface area contributed by atoms with Gasteiger partial charge >= 0.3 is 6.36 Å². The molecule has 0 aromatic heterocycles. The molecule has 27 heavy (non-hydrogen) atoms. The van der Waals surface area contributed by atoms with Gasteiger partial charge in [-0.25, -0.2) is 4.99 Å². The highest BCUT2D eigenvalue weighted by Gasteiger charge is 2.32. The highest BCUT2D eigenvalue weighted by molar-refractivity contribution is 5.93. The largest absolute Gasteiger partial charge is 0.573 e. The van der Waals surface area contributed by atoms with E-state index in [9.17, 15) is 13.2 Å². The van der Waals surface area contributed by atoms with Crippen molar-refractivity contribution in [3.05, 3.63) is 48.0 Å². The fourth-order valence-electron chi connectivity index (χ4n) is 2.23. The average molecular weight is 383 g/mol. The third-order valence-electron chi connectivity index (χ3n) is 3.34. The molecule has 2 rings (SSSR count). The van der Waals surface area contributed by atoms with Crippen LogP contribution in [0.2, 0.25) is 0 Å². The van der Waals surface area contributed by atoms with E-state index >= 15 is 0 Å². The molecule has 0 spiro atoms. The van der Waals surface area contributed by atoms with Gasteiger partial charge in [-0.3, -0.25) is 0 Å². The van der Waals surface area contributed by atoms with Crippen molar-refractivity contribution in [2.24, 2.45) is 10.7 Å². The Labute approximate surface area is 154 Å². The molecule has 0 heterocycles. The summed E-state index contributed by atoms with van der Waals surface area (Å²) in [7, 11) is 1.54. The number of ether oxygens (including phenoxy) is 3. The number of alkyl halides is 3. The highest BCUT2D eigenvalue weighted by Crippen LogP contribution is 2.30. The Morgan fingerprint density at radius 2 is 1.85 bits per heavy atom. The summed E-state index contributed by atoms with van der Waals surface area (Å²) in [5.74, 6) is 0.713.